The summed E-state index contributed by atoms with van der Waals surface area (Å²) in [7, 11) is 1.75. The van der Waals surface area contributed by atoms with Crippen molar-refractivity contribution in [3.05, 3.63) is 29.8 Å². The van der Waals surface area contributed by atoms with Crippen molar-refractivity contribution in [2.45, 2.75) is 46.3 Å². The quantitative estimate of drug-likeness (QED) is 0.747. The lowest BCUT2D eigenvalue weighted by atomic mass is 10.0. The number of ketones is 1. The van der Waals surface area contributed by atoms with Crippen LogP contribution in [0.4, 0.5) is 0 Å². The Labute approximate surface area is 138 Å². The van der Waals surface area contributed by atoms with Crippen LogP contribution in [0.25, 0.3) is 0 Å². The molecule has 128 valence electrons. The number of hydrogen-bond donors (Lipinski definition) is 1. The van der Waals surface area contributed by atoms with Gasteiger partial charge in [0.2, 0.25) is 0 Å². The Morgan fingerprint density at radius 3 is 2.48 bits per heavy atom. The highest BCUT2D eigenvalue weighted by molar-refractivity contribution is 5.94. The lowest BCUT2D eigenvalue weighted by Gasteiger charge is -2.24. The van der Waals surface area contributed by atoms with Crippen LogP contribution in [-0.2, 0) is 4.79 Å². The normalized spacial score (nSPS) is 13.5. The highest BCUT2D eigenvalue weighted by atomic mass is 16.5. The molecule has 2 N–H and O–H groups in total. The van der Waals surface area contributed by atoms with Gasteiger partial charge in [0.1, 0.15) is 5.75 Å². The summed E-state index contributed by atoms with van der Waals surface area (Å²) in [6.45, 7) is 7.95. The van der Waals surface area contributed by atoms with Gasteiger partial charge in [0.15, 0.2) is 11.9 Å². The van der Waals surface area contributed by atoms with Crippen LogP contribution in [0, 0.1) is 5.92 Å². The van der Waals surface area contributed by atoms with Crippen molar-refractivity contribution in [2.75, 3.05) is 13.6 Å². The number of carbonyl (C=O) groups is 2. The number of nitrogens with two attached hydrogens (primary N) is 1. The summed E-state index contributed by atoms with van der Waals surface area (Å²) in [5.41, 5.74) is 6.58. The Morgan fingerprint density at radius 2 is 1.91 bits per heavy atom. The van der Waals surface area contributed by atoms with Crippen LogP contribution in [0.1, 0.15) is 44.5 Å². The number of Topliss-reactive ketones (excluding diaryl/α,β-unsaturated/α-hetero) is 1. The highest BCUT2D eigenvalue weighted by Crippen LogP contribution is 2.16. The molecule has 0 spiro atoms. The average molecular weight is 320 g/mol. The van der Waals surface area contributed by atoms with E-state index in [-0.39, 0.29) is 17.7 Å². The predicted octanol–water partition coefficient (Wildman–Crippen LogP) is 2.49. The lowest BCUT2D eigenvalue weighted by molar-refractivity contribution is -0.136. The maximum Gasteiger partial charge on any atom is 0.263 e. The van der Waals surface area contributed by atoms with Gasteiger partial charge in [-0.25, -0.2) is 0 Å². The third-order valence-electron chi connectivity index (χ3n) is 3.93. The van der Waals surface area contributed by atoms with E-state index in [0.717, 1.165) is 6.42 Å². The van der Waals surface area contributed by atoms with E-state index in [2.05, 4.69) is 13.8 Å². The molecule has 1 rings (SSSR count). The number of nitrogens with zero attached hydrogens (tertiary/aromatic N) is 1. The third kappa shape index (κ3) is 6.02. The van der Waals surface area contributed by atoms with E-state index >= 15 is 0 Å². The molecule has 23 heavy (non-hydrogen) atoms. The Kier molecular flexibility index (Phi) is 7.23. The van der Waals surface area contributed by atoms with Crippen molar-refractivity contribution in [2.24, 2.45) is 11.7 Å². The van der Waals surface area contributed by atoms with Crippen LogP contribution in [0.3, 0.4) is 0 Å². The zero-order valence-corrected chi connectivity index (χ0v) is 14.7. The summed E-state index contributed by atoms with van der Waals surface area (Å²) in [6.07, 6.45) is 0.143. The van der Waals surface area contributed by atoms with Crippen molar-refractivity contribution in [3.8, 4) is 5.75 Å². The summed E-state index contributed by atoms with van der Waals surface area (Å²) >= 11 is 0. The highest BCUT2D eigenvalue weighted by Gasteiger charge is 2.20. The molecule has 0 aromatic heterocycles. The standard InChI is InChI=1S/C18H28N2O3/c1-12(2)17(19)9-10-20(5)18(22)14(4)23-16-8-6-7-15(11-16)13(3)21/h6-8,11-12,14,17H,9-10,19H2,1-5H3. The molecular formula is C18H28N2O3. The summed E-state index contributed by atoms with van der Waals surface area (Å²) in [5, 5.41) is 0. The average Bonchev–Trinajstić information content (AvgIpc) is 2.51. The fourth-order valence-electron chi connectivity index (χ4n) is 2.14. The number of benzene rings is 1. The molecule has 1 amide bonds. The molecule has 1 aromatic rings. The summed E-state index contributed by atoms with van der Waals surface area (Å²) in [5.74, 6) is 0.774. The maximum absolute atomic E-state index is 12.3. The molecule has 2 unspecified atom stereocenters. The van der Waals surface area contributed by atoms with Gasteiger partial charge in [0.25, 0.3) is 5.91 Å². The third-order valence-corrected chi connectivity index (χ3v) is 3.93. The Balaban J connectivity index is 2.59. The molecule has 0 heterocycles. The molecule has 0 aliphatic heterocycles. The molecule has 0 radical (unpaired) electrons. The topological polar surface area (TPSA) is 72.6 Å². The molecule has 0 aliphatic rings. The fraction of sp³-hybridized carbons (Fsp3) is 0.556. The van der Waals surface area contributed by atoms with E-state index in [1.54, 1.807) is 43.1 Å². The van der Waals surface area contributed by atoms with Gasteiger partial charge in [-0.15, -0.1) is 0 Å². The van der Waals surface area contributed by atoms with Crippen molar-refractivity contribution in [1.82, 2.24) is 4.90 Å². The van der Waals surface area contributed by atoms with E-state index in [4.69, 9.17) is 10.5 Å². The fourth-order valence-corrected chi connectivity index (χ4v) is 2.14. The first kappa shape index (κ1) is 19.2. The minimum atomic E-state index is -0.613. The van der Waals surface area contributed by atoms with E-state index in [1.165, 1.54) is 6.92 Å². The smallest absolute Gasteiger partial charge is 0.263 e. The molecule has 0 bridgehead atoms. The molecule has 2 atom stereocenters. The first-order valence-corrected chi connectivity index (χ1v) is 8.00. The van der Waals surface area contributed by atoms with E-state index < -0.39 is 6.10 Å². The monoisotopic (exact) mass is 320 g/mol. The number of hydrogen-bond acceptors (Lipinski definition) is 4. The molecule has 0 aliphatic carbocycles. The largest absolute Gasteiger partial charge is 0.481 e. The van der Waals surface area contributed by atoms with E-state index in [9.17, 15) is 9.59 Å². The first-order chi connectivity index (χ1) is 10.7. The van der Waals surface area contributed by atoms with E-state index in [0.29, 0.717) is 23.8 Å². The predicted molar refractivity (Wildman–Crippen MR) is 91.6 cm³/mol. The zero-order valence-electron chi connectivity index (χ0n) is 14.7. The molecule has 5 heteroatoms. The summed E-state index contributed by atoms with van der Waals surface area (Å²) in [6, 6.07) is 6.94. The van der Waals surface area contributed by atoms with Crippen LogP contribution in [0.15, 0.2) is 24.3 Å². The lowest BCUT2D eigenvalue weighted by Crippen LogP contribution is -2.40. The number of amides is 1. The van der Waals surface area contributed by atoms with Crippen LogP contribution in [-0.4, -0.2) is 42.3 Å². The maximum atomic E-state index is 12.3. The van der Waals surface area contributed by atoms with E-state index in [1.807, 2.05) is 0 Å². The Hall–Kier alpha value is -1.88. The first-order valence-electron chi connectivity index (χ1n) is 8.00. The van der Waals surface area contributed by atoms with Crippen molar-refractivity contribution >= 4 is 11.7 Å². The Bertz CT molecular complexity index is 543. The van der Waals surface area contributed by atoms with Crippen molar-refractivity contribution in [3.63, 3.8) is 0 Å². The van der Waals surface area contributed by atoms with Gasteiger partial charge in [-0.2, -0.15) is 0 Å². The van der Waals surface area contributed by atoms with Crippen molar-refractivity contribution in [1.29, 1.82) is 0 Å². The molecule has 5 nitrogen and oxygen atoms in total. The number of ether oxygens (including phenoxy) is 1. The molecular weight excluding hydrogens is 292 g/mol. The molecule has 0 saturated carbocycles. The minimum Gasteiger partial charge on any atom is -0.481 e. The second-order valence-corrected chi connectivity index (χ2v) is 6.30. The SMILES string of the molecule is CC(=O)c1cccc(OC(C)C(=O)N(C)CCC(N)C(C)C)c1. The molecule has 1 aromatic carbocycles. The molecule has 0 fully saturated rings. The van der Waals surface area contributed by atoms with Crippen LogP contribution in [0.5, 0.6) is 5.75 Å². The van der Waals surface area contributed by atoms with Crippen molar-refractivity contribution < 1.29 is 14.3 Å². The Morgan fingerprint density at radius 1 is 1.26 bits per heavy atom. The number of likely N-dealkylation sites (N-methyl/N-ethyl adjacent to an activating group) is 1. The summed E-state index contributed by atoms with van der Waals surface area (Å²) in [4.78, 5) is 25.4. The molecule has 0 saturated heterocycles. The van der Waals surface area contributed by atoms with Gasteiger partial charge in [-0.1, -0.05) is 26.0 Å². The van der Waals surface area contributed by atoms with Gasteiger partial charge < -0.3 is 15.4 Å². The minimum absolute atomic E-state index is 0.0331. The van der Waals surface area contributed by atoms with Gasteiger partial charge >= 0.3 is 0 Å². The summed E-state index contributed by atoms with van der Waals surface area (Å²) < 4.78 is 5.67. The van der Waals surface area contributed by atoms with Crippen LogP contribution < -0.4 is 10.5 Å². The van der Waals surface area contributed by atoms with Gasteiger partial charge in [0, 0.05) is 25.2 Å². The second-order valence-electron chi connectivity index (χ2n) is 6.30. The number of carbonyl (C=O) groups excluding carboxylic acids is 2. The zero-order chi connectivity index (χ0) is 17.6. The van der Waals surface area contributed by atoms with Gasteiger partial charge in [-0.3, -0.25) is 9.59 Å². The van der Waals surface area contributed by atoms with Gasteiger partial charge in [0.05, 0.1) is 0 Å². The van der Waals surface area contributed by atoms with Crippen LogP contribution in [0.2, 0.25) is 0 Å². The second kappa shape index (κ2) is 8.67. The van der Waals surface area contributed by atoms with Crippen LogP contribution >= 0.6 is 0 Å². The number of rotatable bonds is 8. The van der Waals surface area contributed by atoms with Gasteiger partial charge in [-0.05, 0) is 38.3 Å².